The number of hydrogen-bond donors (Lipinski definition) is 1. The number of halogens is 1. The first kappa shape index (κ1) is 11.6. The number of nitrogens with zero attached hydrogens (tertiary/aromatic N) is 3. The molecule has 2 rings (SSSR count). The van der Waals surface area contributed by atoms with Crippen LogP contribution in [0.2, 0.25) is 5.02 Å². The Balaban J connectivity index is 2.45. The summed E-state index contributed by atoms with van der Waals surface area (Å²) >= 11 is 6.13. The van der Waals surface area contributed by atoms with E-state index in [0.29, 0.717) is 22.4 Å². The lowest BCUT2D eigenvalue weighted by Gasteiger charge is -2.06. The SMILES string of the molecule is CNc1cnnc(-c2ccc(OC)cc2Cl)n1. The van der Waals surface area contributed by atoms with Crippen LogP contribution in [0.4, 0.5) is 5.82 Å². The molecule has 0 bridgehead atoms. The zero-order valence-corrected chi connectivity index (χ0v) is 10.2. The highest BCUT2D eigenvalue weighted by atomic mass is 35.5. The van der Waals surface area contributed by atoms with Crippen molar-refractivity contribution in [1.29, 1.82) is 0 Å². The van der Waals surface area contributed by atoms with Crippen LogP contribution in [0.3, 0.4) is 0 Å². The first-order valence-electron chi connectivity index (χ1n) is 4.96. The summed E-state index contributed by atoms with van der Waals surface area (Å²) in [7, 11) is 3.36. The van der Waals surface area contributed by atoms with Crippen LogP contribution in [0.25, 0.3) is 11.4 Å². The van der Waals surface area contributed by atoms with Gasteiger partial charge in [0.2, 0.25) is 0 Å². The van der Waals surface area contributed by atoms with E-state index in [1.54, 1.807) is 38.6 Å². The lowest BCUT2D eigenvalue weighted by atomic mass is 10.2. The quantitative estimate of drug-likeness (QED) is 0.905. The maximum absolute atomic E-state index is 6.13. The Kier molecular flexibility index (Phi) is 3.39. The number of ether oxygens (including phenoxy) is 1. The van der Waals surface area contributed by atoms with Crippen LogP contribution in [0, 0.1) is 0 Å². The molecule has 0 saturated carbocycles. The van der Waals surface area contributed by atoms with E-state index in [1.165, 1.54) is 0 Å². The largest absolute Gasteiger partial charge is 0.497 e. The molecule has 5 nitrogen and oxygen atoms in total. The van der Waals surface area contributed by atoms with E-state index >= 15 is 0 Å². The molecule has 1 aromatic heterocycles. The molecule has 0 spiro atoms. The van der Waals surface area contributed by atoms with Gasteiger partial charge in [0, 0.05) is 12.6 Å². The van der Waals surface area contributed by atoms with Crippen molar-refractivity contribution in [2.45, 2.75) is 0 Å². The Bertz CT molecular complexity index is 533. The molecule has 2 aromatic rings. The van der Waals surface area contributed by atoms with Crippen molar-refractivity contribution in [3.8, 4) is 17.1 Å². The van der Waals surface area contributed by atoms with Gasteiger partial charge >= 0.3 is 0 Å². The fourth-order valence-corrected chi connectivity index (χ4v) is 1.60. The molecular weight excluding hydrogens is 240 g/mol. The Morgan fingerprint density at radius 2 is 2.18 bits per heavy atom. The second kappa shape index (κ2) is 4.97. The predicted molar refractivity (Wildman–Crippen MR) is 66.4 cm³/mol. The van der Waals surface area contributed by atoms with Crippen LogP contribution in [0.15, 0.2) is 24.4 Å². The number of nitrogens with one attached hydrogen (secondary N) is 1. The summed E-state index contributed by atoms with van der Waals surface area (Å²) in [4.78, 5) is 4.27. The fourth-order valence-electron chi connectivity index (χ4n) is 1.34. The molecular formula is C11H11ClN4O. The van der Waals surface area contributed by atoms with Crippen LogP contribution in [-0.4, -0.2) is 29.3 Å². The number of benzene rings is 1. The molecule has 1 heterocycles. The molecule has 0 atom stereocenters. The third-order valence-electron chi connectivity index (χ3n) is 2.23. The van der Waals surface area contributed by atoms with E-state index in [2.05, 4.69) is 20.5 Å². The van der Waals surface area contributed by atoms with E-state index in [1.807, 2.05) is 0 Å². The van der Waals surface area contributed by atoms with Crippen molar-refractivity contribution in [3.63, 3.8) is 0 Å². The minimum Gasteiger partial charge on any atom is -0.497 e. The van der Waals surface area contributed by atoms with Crippen LogP contribution in [-0.2, 0) is 0 Å². The van der Waals surface area contributed by atoms with Crippen molar-refractivity contribution < 1.29 is 4.74 Å². The highest BCUT2D eigenvalue weighted by Gasteiger charge is 2.08. The molecule has 6 heteroatoms. The predicted octanol–water partition coefficient (Wildman–Crippen LogP) is 2.24. The van der Waals surface area contributed by atoms with Gasteiger partial charge in [-0.05, 0) is 18.2 Å². The van der Waals surface area contributed by atoms with E-state index in [4.69, 9.17) is 16.3 Å². The van der Waals surface area contributed by atoms with Gasteiger partial charge in [0.15, 0.2) is 5.82 Å². The van der Waals surface area contributed by atoms with E-state index in [0.717, 1.165) is 5.56 Å². The second-order valence-electron chi connectivity index (χ2n) is 3.26. The lowest BCUT2D eigenvalue weighted by Crippen LogP contribution is -1.98. The van der Waals surface area contributed by atoms with Gasteiger partial charge in [-0.1, -0.05) is 11.6 Å². The fraction of sp³-hybridized carbons (Fsp3) is 0.182. The molecule has 17 heavy (non-hydrogen) atoms. The Morgan fingerprint density at radius 1 is 1.35 bits per heavy atom. The summed E-state index contributed by atoms with van der Waals surface area (Å²) in [6, 6.07) is 5.32. The zero-order chi connectivity index (χ0) is 12.3. The van der Waals surface area contributed by atoms with Crippen LogP contribution in [0.1, 0.15) is 0 Å². The Labute approximate surface area is 104 Å². The van der Waals surface area contributed by atoms with E-state index in [-0.39, 0.29) is 0 Å². The summed E-state index contributed by atoms with van der Waals surface area (Å²) in [6.07, 6.45) is 1.54. The molecule has 0 aliphatic carbocycles. The van der Waals surface area contributed by atoms with Gasteiger partial charge in [-0.2, -0.15) is 5.10 Å². The summed E-state index contributed by atoms with van der Waals surface area (Å²) in [5.41, 5.74) is 0.720. The van der Waals surface area contributed by atoms with Gasteiger partial charge in [-0.15, -0.1) is 5.10 Å². The molecule has 0 amide bonds. The first-order chi connectivity index (χ1) is 8.24. The summed E-state index contributed by atoms with van der Waals surface area (Å²) < 4.78 is 5.08. The number of anilines is 1. The van der Waals surface area contributed by atoms with E-state index < -0.39 is 0 Å². The van der Waals surface area contributed by atoms with Crippen LogP contribution in [0.5, 0.6) is 5.75 Å². The smallest absolute Gasteiger partial charge is 0.185 e. The number of hydrogen-bond acceptors (Lipinski definition) is 5. The van der Waals surface area contributed by atoms with Gasteiger partial charge in [0.25, 0.3) is 0 Å². The minimum absolute atomic E-state index is 0.476. The van der Waals surface area contributed by atoms with Gasteiger partial charge in [-0.25, -0.2) is 4.98 Å². The summed E-state index contributed by atoms with van der Waals surface area (Å²) in [5.74, 6) is 1.81. The van der Waals surface area contributed by atoms with Gasteiger partial charge in [-0.3, -0.25) is 0 Å². The lowest BCUT2D eigenvalue weighted by molar-refractivity contribution is 0.415. The maximum Gasteiger partial charge on any atom is 0.185 e. The average Bonchev–Trinajstić information content (AvgIpc) is 2.38. The third kappa shape index (κ3) is 2.45. The molecule has 1 aromatic carbocycles. The summed E-state index contributed by atoms with van der Waals surface area (Å²) in [6.45, 7) is 0. The topological polar surface area (TPSA) is 59.9 Å². The average molecular weight is 251 g/mol. The first-order valence-corrected chi connectivity index (χ1v) is 5.34. The molecule has 0 radical (unpaired) electrons. The van der Waals surface area contributed by atoms with Crippen molar-refractivity contribution in [2.75, 3.05) is 19.5 Å². The van der Waals surface area contributed by atoms with Gasteiger partial charge in [0.05, 0.1) is 18.3 Å². The molecule has 0 aliphatic rings. The molecule has 0 aliphatic heterocycles. The van der Waals surface area contributed by atoms with E-state index in [9.17, 15) is 0 Å². The molecule has 1 N–H and O–H groups in total. The molecule has 0 fully saturated rings. The Morgan fingerprint density at radius 3 is 2.82 bits per heavy atom. The third-order valence-corrected chi connectivity index (χ3v) is 2.54. The zero-order valence-electron chi connectivity index (χ0n) is 9.44. The molecule has 0 unspecified atom stereocenters. The standard InChI is InChI=1S/C11H11ClN4O/c1-13-10-6-14-16-11(15-10)8-4-3-7(17-2)5-9(8)12/h3-6H,1-2H3,(H,13,15,16). The van der Waals surface area contributed by atoms with Crippen molar-refractivity contribution in [2.24, 2.45) is 0 Å². The molecule has 0 saturated heterocycles. The minimum atomic E-state index is 0.476. The van der Waals surface area contributed by atoms with Gasteiger partial charge in [0.1, 0.15) is 11.6 Å². The molecule has 88 valence electrons. The number of methoxy groups -OCH3 is 1. The van der Waals surface area contributed by atoms with Crippen LogP contribution < -0.4 is 10.1 Å². The number of aromatic nitrogens is 3. The highest BCUT2D eigenvalue weighted by Crippen LogP contribution is 2.28. The van der Waals surface area contributed by atoms with Crippen LogP contribution >= 0.6 is 11.6 Å². The van der Waals surface area contributed by atoms with Gasteiger partial charge < -0.3 is 10.1 Å². The summed E-state index contributed by atoms with van der Waals surface area (Å²) in [5, 5.41) is 11.2. The van der Waals surface area contributed by atoms with Crippen molar-refractivity contribution >= 4 is 17.4 Å². The van der Waals surface area contributed by atoms with Crippen molar-refractivity contribution in [3.05, 3.63) is 29.4 Å². The second-order valence-corrected chi connectivity index (χ2v) is 3.67. The number of rotatable bonds is 3. The Hall–Kier alpha value is -1.88. The van der Waals surface area contributed by atoms with Crippen molar-refractivity contribution in [1.82, 2.24) is 15.2 Å². The normalized spacial score (nSPS) is 10.1. The highest BCUT2D eigenvalue weighted by molar-refractivity contribution is 6.33. The maximum atomic E-state index is 6.13. The monoisotopic (exact) mass is 250 g/mol.